The van der Waals surface area contributed by atoms with Crippen molar-refractivity contribution in [1.29, 1.82) is 0 Å². The van der Waals surface area contributed by atoms with Crippen LogP contribution in [0.3, 0.4) is 0 Å². The van der Waals surface area contributed by atoms with E-state index in [0.29, 0.717) is 6.61 Å². The molecule has 0 atom stereocenters. The van der Waals surface area contributed by atoms with Gasteiger partial charge in [0, 0.05) is 30.3 Å². The highest BCUT2D eigenvalue weighted by molar-refractivity contribution is 9.10. The first kappa shape index (κ1) is 17.3. The van der Waals surface area contributed by atoms with Gasteiger partial charge in [-0.15, -0.1) is 0 Å². The SMILES string of the molecule is CCCOc1c(CNCCCOC)cc(Br)cc1OC. The van der Waals surface area contributed by atoms with E-state index in [1.54, 1.807) is 14.2 Å². The molecule has 4 nitrogen and oxygen atoms in total. The third-order valence-corrected chi connectivity index (χ3v) is 3.24. The molecule has 5 heteroatoms. The van der Waals surface area contributed by atoms with Gasteiger partial charge in [0.15, 0.2) is 11.5 Å². The van der Waals surface area contributed by atoms with E-state index in [2.05, 4.69) is 34.2 Å². The van der Waals surface area contributed by atoms with Crippen LogP contribution in [-0.4, -0.2) is 34.0 Å². The number of halogens is 1. The second-order valence-electron chi connectivity index (χ2n) is 4.47. The average Bonchev–Trinajstić information content (AvgIpc) is 2.45. The van der Waals surface area contributed by atoms with Crippen LogP contribution in [0.1, 0.15) is 25.3 Å². The van der Waals surface area contributed by atoms with Crippen LogP contribution < -0.4 is 14.8 Å². The Morgan fingerprint density at radius 2 is 2.00 bits per heavy atom. The average molecular weight is 346 g/mol. The van der Waals surface area contributed by atoms with Crippen molar-refractivity contribution >= 4 is 15.9 Å². The van der Waals surface area contributed by atoms with Crippen molar-refractivity contribution in [1.82, 2.24) is 5.32 Å². The molecule has 0 bridgehead atoms. The summed E-state index contributed by atoms with van der Waals surface area (Å²) in [6, 6.07) is 4.00. The van der Waals surface area contributed by atoms with E-state index >= 15 is 0 Å². The minimum Gasteiger partial charge on any atom is -0.493 e. The van der Waals surface area contributed by atoms with E-state index in [1.165, 1.54) is 0 Å². The van der Waals surface area contributed by atoms with Crippen molar-refractivity contribution in [2.24, 2.45) is 0 Å². The Morgan fingerprint density at radius 1 is 1.20 bits per heavy atom. The number of methoxy groups -OCH3 is 2. The van der Waals surface area contributed by atoms with E-state index in [0.717, 1.165) is 54.1 Å². The molecular weight excluding hydrogens is 322 g/mol. The van der Waals surface area contributed by atoms with Crippen molar-refractivity contribution in [2.75, 3.05) is 34.0 Å². The van der Waals surface area contributed by atoms with Gasteiger partial charge < -0.3 is 19.5 Å². The Balaban J connectivity index is 2.72. The van der Waals surface area contributed by atoms with E-state index in [4.69, 9.17) is 14.2 Å². The second-order valence-corrected chi connectivity index (χ2v) is 5.38. The highest BCUT2D eigenvalue weighted by Crippen LogP contribution is 2.35. The molecule has 1 rings (SSSR count). The third kappa shape index (κ3) is 5.69. The lowest BCUT2D eigenvalue weighted by Crippen LogP contribution is -2.17. The summed E-state index contributed by atoms with van der Waals surface area (Å²) >= 11 is 3.51. The molecule has 0 radical (unpaired) electrons. The molecule has 0 unspecified atom stereocenters. The molecule has 0 aromatic heterocycles. The first-order valence-electron chi connectivity index (χ1n) is 6.91. The summed E-state index contributed by atoms with van der Waals surface area (Å²) in [6.45, 7) is 5.21. The summed E-state index contributed by atoms with van der Waals surface area (Å²) in [5.74, 6) is 1.60. The highest BCUT2D eigenvalue weighted by Gasteiger charge is 2.12. The van der Waals surface area contributed by atoms with Crippen molar-refractivity contribution in [3.8, 4) is 11.5 Å². The van der Waals surface area contributed by atoms with Crippen LogP contribution >= 0.6 is 15.9 Å². The molecule has 0 aliphatic rings. The minimum atomic E-state index is 0.689. The van der Waals surface area contributed by atoms with Gasteiger partial charge in [-0.25, -0.2) is 0 Å². The zero-order valence-corrected chi connectivity index (χ0v) is 14.1. The fourth-order valence-electron chi connectivity index (χ4n) is 1.84. The van der Waals surface area contributed by atoms with Crippen LogP contribution in [0.5, 0.6) is 11.5 Å². The second kappa shape index (κ2) is 10.0. The first-order valence-corrected chi connectivity index (χ1v) is 7.71. The maximum Gasteiger partial charge on any atom is 0.165 e. The zero-order chi connectivity index (χ0) is 14.8. The van der Waals surface area contributed by atoms with Gasteiger partial charge in [0.2, 0.25) is 0 Å². The molecule has 114 valence electrons. The van der Waals surface area contributed by atoms with Gasteiger partial charge in [0.25, 0.3) is 0 Å². The van der Waals surface area contributed by atoms with E-state index in [-0.39, 0.29) is 0 Å². The number of hydrogen-bond donors (Lipinski definition) is 1. The van der Waals surface area contributed by atoms with Crippen molar-refractivity contribution in [3.05, 3.63) is 22.2 Å². The lowest BCUT2D eigenvalue weighted by atomic mass is 10.2. The normalized spacial score (nSPS) is 10.6. The Labute approximate surface area is 129 Å². The highest BCUT2D eigenvalue weighted by atomic mass is 79.9. The van der Waals surface area contributed by atoms with Crippen LogP contribution in [0.25, 0.3) is 0 Å². The lowest BCUT2D eigenvalue weighted by molar-refractivity contribution is 0.194. The molecule has 0 aliphatic carbocycles. The van der Waals surface area contributed by atoms with E-state index in [9.17, 15) is 0 Å². The monoisotopic (exact) mass is 345 g/mol. The Morgan fingerprint density at radius 3 is 2.65 bits per heavy atom. The summed E-state index contributed by atoms with van der Waals surface area (Å²) in [5.41, 5.74) is 1.10. The lowest BCUT2D eigenvalue weighted by Gasteiger charge is -2.16. The van der Waals surface area contributed by atoms with Gasteiger partial charge in [-0.05, 0) is 31.5 Å². The number of nitrogens with one attached hydrogen (secondary N) is 1. The first-order chi connectivity index (χ1) is 9.72. The maximum atomic E-state index is 5.83. The smallest absolute Gasteiger partial charge is 0.165 e. The van der Waals surface area contributed by atoms with Gasteiger partial charge in [-0.2, -0.15) is 0 Å². The zero-order valence-electron chi connectivity index (χ0n) is 12.5. The molecule has 0 fully saturated rings. The van der Waals surface area contributed by atoms with Gasteiger partial charge in [-0.1, -0.05) is 22.9 Å². The molecule has 20 heavy (non-hydrogen) atoms. The topological polar surface area (TPSA) is 39.7 Å². The molecule has 0 amide bonds. The van der Waals surface area contributed by atoms with E-state index in [1.807, 2.05) is 6.07 Å². The molecule has 0 heterocycles. The predicted molar refractivity (Wildman–Crippen MR) is 84.7 cm³/mol. The molecule has 1 N–H and O–H groups in total. The van der Waals surface area contributed by atoms with Crippen molar-refractivity contribution in [2.45, 2.75) is 26.3 Å². The number of benzene rings is 1. The van der Waals surface area contributed by atoms with Crippen LogP contribution in [0.15, 0.2) is 16.6 Å². The van der Waals surface area contributed by atoms with Gasteiger partial charge in [-0.3, -0.25) is 0 Å². The van der Waals surface area contributed by atoms with Crippen molar-refractivity contribution < 1.29 is 14.2 Å². The van der Waals surface area contributed by atoms with Crippen LogP contribution in [0.2, 0.25) is 0 Å². The standard InChI is InChI=1S/C15H24BrNO3/c1-4-7-20-15-12(11-17-6-5-8-18-2)9-13(16)10-14(15)19-3/h9-10,17H,4-8,11H2,1-3H3. The minimum absolute atomic E-state index is 0.689. The summed E-state index contributed by atoms with van der Waals surface area (Å²) in [7, 11) is 3.38. The molecule has 1 aromatic carbocycles. The maximum absolute atomic E-state index is 5.83. The Kier molecular flexibility index (Phi) is 8.65. The fraction of sp³-hybridized carbons (Fsp3) is 0.600. The number of hydrogen-bond acceptors (Lipinski definition) is 4. The molecule has 0 saturated heterocycles. The van der Waals surface area contributed by atoms with Crippen LogP contribution in [0, 0.1) is 0 Å². The number of ether oxygens (including phenoxy) is 3. The predicted octanol–water partition coefficient (Wildman–Crippen LogP) is 3.37. The van der Waals surface area contributed by atoms with Gasteiger partial charge in [0.05, 0.1) is 13.7 Å². The number of rotatable bonds is 10. The van der Waals surface area contributed by atoms with Gasteiger partial charge >= 0.3 is 0 Å². The molecule has 0 spiro atoms. The Bertz CT molecular complexity index is 399. The van der Waals surface area contributed by atoms with E-state index < -0.39 is 0 Å². The summed E-state index contributed by atoms with van der Waals surface area (Å²) in [4.78, 5) is 0. The van der Waals surface area contributed by atoms with Crippen LogP contribution in [0.4, 0.5) is 0 Å². The molecule has 1 aromatic rings. The summed E-state index contributed by atoms with van der Waals surface area (Å²) < 4.78 is 17.3. The van der Waals surface area contributed by atoms with Gasteiger partial charge in [0.1, 0.15) is 0 Å². The fourth-order valence-corrected chi connectivity index (χ4v) is 2.32. The largest absolute Gasteiger partial charge is 0.493 e. The molecular formula is C15H24BrNO3. The molecule has 0 aliphatic heterocycles. The Hall–Kier alpha value is -0.780. The summed E-state index contributed by atoms with van der Waals surface area (Å²) in [5, 5.41) is 3.40. The van der Waals surface area contributed by atoms with Crippen LogP contribution in [-0.2, 0) is 11.3 Å². The molecule has 0 saturated carbocycles. The quantitative estimate of drug-likeness (QED) is 0.660. The van der Waals surface area contributed by atoms with Crippen molar-refractivity contribution in [3.63, 3.8) is 0 Å². The summed E-state index contributed by atoms with van der Waals surface area (Å²) in [6.07, 6.45) is 1.96. The third-order valence-electron chi connectivity index (χ3n) is 2.78.